The molecule has 0 bridgehead atoms. The number of ether oxygens (including phenoxy) is 1. The Hall–Kier alpha value is -2.25. The molecule has 0 radical (unpaired) electrons. The monoisotopic (exact) mass is 396 g/mol. The molecule has 1 aromatic carbocycles. The van der Waals surface area contributed by atoms with Gasteiger partial charge in [-0.1, -0.05) is 23.2 Å². The molecule has 26 heavy (non-hydrogen) atoms. The Morgan fingerprint density at radius 3 is 2.77 bits per heavy atom. The number of nitrogens with one attached hydrogen (secondary N) is 1. The molecule has 9 heteroatoms. The van der Waals surface area contributed by atoms with Crippen molar-refractivity contribution in [1.82, 2.24) is 14.7 Å². The van der Waals surface area contributed by atoms with Crippen LogP contribution in [0.25, 0.3) is 0 Å². The van der Waals surface area contributed by atoms with Crippen LogP contribution in [0, 0.1) is 0 Å². The van der Waals surface area contributed by atoms with Crippen molar-refractivity contribution in [3.05, 3.63) is 45.2 Å². The van der Waals surface area contributed by atoms with Crippen LogP contribution in [-0.4, -0.2) is 39.8 Å². The fourth-order valence-electron chi connectivity index (χ4n) is 2.91. The molecule has 0 saturated heterocycles. The number of anilines is 1. The highest BCUT2D eigenvalue weighted by molar-refractivity contribution is 6.42. The molecule has 0 spiro atoms. The zero-order valence-corrected chi connectivity index (χ0v) is 15.9. The van der Waals surface area contributed by atoms with Crippen molar-refractivity contribution < 1.29 is 14.3 Å². The van der Waals surface area contributed by atoms with Gasteiger partial charge in [0.25, 0.3) is 0 Å². The van der Waals surface area contributed by atoms with Crippen molar-refractivity contribution in [2.45, 2.75) is 19.9 Å². The highest BCUT2D eigenvalue weighted by Gasteiger charge is 2.30. The smallest absolute Gasteiger partial charge is 0.356 e. The highest BCUT2D eigenvalue weighted by Crippen LogP contribution is 2.26. The lowest BCUT2D eigenvalue weighted by Gasteiger charge is -2.27. The predicted octanol–water partition coefficient (Wildman–Crippen LogP) is 3.49. The third-order valence-electron chi connectivity index (χ3n) is 4.12. The van der Waals surface area contributed by atoms with Gasteiger partial charge in [0.2, 0.25) is 0 Å². The van der Waals surface area contributed by atoms with Crippen molar-refractivity contribution in [2.24, 2.45) is 7.05 Å². The van der Waals surface area contributed by atoms with Gasteiger partial charge in [-0.15, -0.1) is 0 Å². The van der Waals surface area contributed by atoms with Crippen molar-refractivity contribution in [2.75, 3.05) is 18.5 Å². The number of halogens is 2. The second kappa shape index (κ2) is 7.55. The molecule has 1 N–H and O–H groups in total. The van der Waals surface area contributed by atoms with Crippen LogP contribution in [-0.2, 0) is 24.8 Å². The number of hydrogen-bond donors (Lipinski definition) is 1. The fraction of sp³-hybridized carbons (Fsp3) is 0.353. The Morgan fingerprint density at radius 2 is 2.08 bits per heavy atom. The zero-order chi connectivity index (χ0) is 18.8. The highest BCUT2D eigenvalue weighted by atomic mass is 35.5. The Bertz CT molecular complexity index is 866. The summed E-state index contributed by atoms with van der Waals surface area (Å²) in [6.07, 6.45) is 0.567. The Labute approximate surface area is 160 Å². The summed E-state index contributed by atoms with van der Waals surface area (Å²) in [5, 5.41) is 7.95. The molecule has 2 amide bonds. The summed E-state index contributed by atoms with van der Waals surface area (Å²) in [4.78, 5) is 26.4. The van der Waals surface area contributed by atoms with Gasteiger partial charge in [0, 0.05) is 31.3 Å². The van der Waals surface area contributed by atoms with Crippen molar-refractivity contribution in [3.8, 4) is 0 Å². The second-order valence-electron chi connectivity index (χ2n) is 5.85. The van der Waals surface area contributed by atoms with E-state index in [0.29, 0.717) is 34.4 Å². The number of amides is 2. The van der Waals surface area contributed by atoms with Gasteiger partial charge in [0.05, 0.1) is 28.9 Å². The summed E-state index contributed by atoms with van der Waals surface area (Å²) in [6.45, 7) is 2.81. The molecule has 2 aromatic rings. The summed E-state index contributed by atoms with van der Waals surface area (Å²) < 4.78 is 6.62. The largest absolute Gasteiger partial charge is 0.461 e. The van der Waals surface area contributed by atoms with Crippen LogP contribution < -0.4 is 5.32 Å². The second-order valence-corrected chi connectivity index (χ2v) is 6.66. The van der Waals surface area contributed by atoms with E-state index in [4.69, 9.17) is 27.9 Å². The van der Waals surface area contributed by atoms with E-state index in [1.807, 2.05) is 0 Å². The molecule has 1 aliphatic rings. The van der Waals surface area contributed by atoms with E-state index in [1.54, 1.807) is 37.1 Å². The number of hydrogen-bond acceptors (Lipinski definition) is 4. The SMILES string of the molecule is CCOC(=O)c1c2c(nn1C)CCN(C(=O)Nc1ccc(Cl)c(Cl)c1)C2. The molecular weight excluding hydrogens is 379 g/mol. The summed E-state index contributed by atoms with van der Waals surface area (Å²) >= 11 is 11.9. The zero-order valence-electron chi connectivity index (χ0n) is 14.4. The van der Waals surface area contributed by atoms with Gasteiger partial charge in [-0.2, -0.15) is 5.10 Å². The maximum Gasteiger partial charge on any atom is 0.356 e. The molecule has 138 valence electrons. The first kappa shape index (κ1) is 18.5. The minimum absolute atomic E-state index is 0.278. The minimum Gasteiger partial charge on any atom is -0.461 e. The Kier molecular flexibility index (Phi) is 5.38. The van der Waals surface area contributed by atoms with Crippen molar-refractivity contribution >= 4 is 40.9 Å². The van der Waals surface area contributed by atoms with Gasteiger partial charge in [0.1, 0.15) is 0 Å². The van der Waals surface area contributed by atoms with Gasteiger partial charge < -0.3 is 15.0 Å². The molecule has 1 aromatic heterocycles. The van der Waals surface area contributed by atoms with Crippen LogP contribution in [0.3, 0.4) is 0 Å². The Morgan fingerprint density at radius 1 is 1.31 bits per heavy atom. The van der Waals surface area contributed by atoms with Gasteiger partial charge in [-0.05, 0) is 25.1 Å². The molecule has 2 heterocycles. The van der Waals surface area contributed by atoms with Crippen LogP contribution in [0.15, 0.2) is 18.2 Å². The first-order valence-electron chi connectivity index (χ1n) is 8.13. The molecule has 3 rings (SSSR count). The number of nitrogens with zero attached hydrogens (tertiary/aromatic N) is 3. The lowest BCUT2D eigenvalue weighted by atomic mass is 10.1. The van der Waals surface area contributed by atoms with E-state index >= 15 is 0 Å². The van der Waals surface area contributed by atoms with Crippen molar-refractivity contribution in [3.63, 3.8) is 0 Å². The molecule has 0 atom stereocenters. The maximum absolute atomic E-state index is 12.6. The first-order valence-corrected chi connectivity index (χ1v) is 8.89. The normalized spacial score (nSPS) is 13.3. The van der Waals surface area contributed by atoms with Crippen LogP contribution in [0.1, 0.15) is 28.7 Å². The summed E-state index contributed by atoms with van der Waals surface area (Å²) in [5.41, 5.74) is 2.47. The van der Waals surface area contributed by atoms with E-state index < -0.39 is 5.97 Å². The van der Waals surface area contributed by atoms with E-state index in [2.05, 4.69) is 10.4 Å². The number of esters is 1. The molecular formula is C17H18Cl2N4O3. The van der Waals surface area contributed by atoms with Gasteiger partial charge >= 0.3 is 12.0 Å². The van der Waals surface area contributed by atoms with E-state index in [1.165, 1.54) is 4.68 Å². The number of aromatic nitrogens is 2. The number of fused-ring (bicyclic) bond motifs is 1. The molecule has 0 unspecified atom stereocenters. The fourth-order valence-corrected chi connectivity index (χ4v) is 3.20. The third kappa shape index (κ3) is 3.64. The first-order chi connectivity index (χ1) is 12.4. The van der Waals surface area contributed by atoms with Gasteiger partial charge in [0.15, 0.2) is 5.69 Å². The van der Waals surface area contributed by atoms with E-state index in [-0.39, 0.29) is 19.2 Å². The number of benzene rings is 1. The lowest BCUT2D eigenvalue weighted by Crippen LogP contribution is -2.39. The third-order valence-corrected chi connectivity index (χ3v) is 4.86. The summed E-state index contributed by atoms with van der Waals surface area (Å²) in [7, 11) is 1.70. The predicted molar refractivity (Wildman–Crippen MR) is 98.8 cm³/mol. The van der Waals surface area contributed by atoms with Crippen LogP contribution in [0.5, 0.6) is 0 Å². The maximum atomic E-state index is 12.6. The molecule has 0 aliphatic carbocycles. The quantitative estimate of drug-likeness (QED) is 0.805. The van der Waals surface area contributed by atoms with E-state index in [0.717, 1.165) is 11.3 Å². The minimum atomic E-state index is -0.435. The number of aryl methyl sites for hydroxylation is 1. The Balaban J connectivity index is 1.77. The van der Waals surface area contributed by atoms with Crippen LogP contribution >= 0.6 is 23.2 Å². The summed E-state index contributed by atoms with van der Waals surface area (Å²) in [6, 6.07) is 4.60. The molecule has 0 fully saturated rings. The number of urea groups is 1. The summed E-state index contributed by atoms with van der Waals surface area (Å²) in [5.74, 6) is -0.435. The topological polar surface area (TPSA) is 76.5 Å². The standard InChI is InChI=1S/C17H18Cl2N4O3/c1-3-26-16(24)15-11-9-23(7-6-14(11)21-22(15)2)17(25)20-10-4-5-12(18)13(19)8-10/h4-5,8H,3,6-7,9H2,1-2H3,(H,20,25). The van der Waals surface area contributed by atoms with Gasteiger partial charge in [-0.25, -0.2) is 9.59 Å². The average Bonchev–Trinajstić information content (AvgIpc) is 2.93. The average molecular weight is 397 g/mol. The van der Waals surface area contributed by atoms with Gasteiger partial charge in [-0.3, -0.25) is 4.68 Å². The van der Waals surface area contributed by atoms with Crippen molar-refractivity contribution in [1.29, 1.82) is 0 Å². The lowest BCUT2D eigenvalue weighted by molar-refractivity contribution is 0.0511. The molecule has 0 saturated carbocycles. The number of rotatable bonds is 3. The molecule has 7 nitrogen and oxygen atoms in total. The van der Waals surface area contributed by atoms with E-state index in [9.17, 15) is 9.59 Å². The number of carbonyl (C=O) groups excluding carboxylic acids is 2. The number of carbonyl (C=O) groups is 2. The molecule has 1 aliphatic heterocycles. The van der Waals surface area contributed by atoms with Crippen LogP contribution in [0.2, 0.25) is 10.0 Å². The van der Waals surface area contributed by atoms with Crippen LogP contribution in [0.4, 0.5) is 10.5 Å².